The Morgan fingerprint density at radius 3 is 2.09 bits per heavy atom. The van der Waals surface area contributed by atoms with Gasteiger partial charge in [0.2, 0.25) is 0 Å². The van der Waals surface area contributed by atoms with E-state index in [2.05, 4.69) is 9.97 Å². The second kappa shape index (κ2) is 8.47. The molecule has 3 aromatic rings. The molecule has 0 saturated carbocycles. The molecule has 0 spiro atoms. The number of fused-ring (bicyclic) bond motifs is 1. The van der Waals surface area contributed by atoms with Gasteiger partial charge in [-0.3, -0.25) is 4.79 Å². The molecule has 4 rings (SSSR count). The molecule has 1 aliphatic rings. The number of aromatic nitrogens is 2. The third-order valence-corrected chi connectivity index (χ3v) is 6.60. The topological polar surface area (TPSA) is 49.3 Å². The van der Waals surface area contributed by atoms with E-state index in [1.54, 1.807) is 11.3 Å². The molecule has 5 nitrogen and oxygen atoms in total. The van der Waals surface area contributed by atoms with Crippen LogP contribution in [0.4, 0.5) is 32.2 Å². The highest BCUT2D eigenvalue weighted by atomic mass is 32.1. The molecule has 1 amide bonds. The Balaban J connectivity index is 1.55. The molecule has 0 radical (unpaired) electrons. The Kier molecular flexibility index (Phi) is 5.97. The van der Waals surface area contributed by atoms with Crippen molar-refractivity contribution in [3.8, 4) is 0 Å². The Morgan fingerprint density at radius 1 is 0.939 bits per heavy atom. The third-order valence-electron chi connectivity index (χ3n) is 5.41. The van der Waals surface area contributed by atoms with E-state index in [-0.39, 0.29) is 19.2 Å². The standard InChI is InChI=1S/C21H18F6N4OS/c1-2-15-10-16-17(28-11-29-18(16)33-15)30-3-5-31(6-4-30)19(32)12-7-13(20(22,23)24)9-14(8-12)21(25,26)27/h7-11H,2-6H2,1H3. The molecular formula is C21H18F6N4OS. The lowest BCUT2D eigenvalue weighted by Crippen LogP contribution is -2.49. The highest BCUT2D eigenvalue weighted by molar-refractivity contribution is 7.18. The molecular weight excluding hydrogens is 470 g/mol. The fraction of sp³-hybridized carbons (Fsp3) is 0.381. The largest absolute Gasteiger partial charge is 0.416 e. The van der Waals surface area contributed by atoms with Crippen LogP contribution in [-0.2, 0) is 18.8 Å². The zero-order chi connectivity index (χ0) is 24.0. The maximum absolute atomic E-state index is 13.1. The molecule has 0 unspecified atom stereocenters. The molecule has 1 saturated heterocycles. The van der Waals surface area contributed by atoms with Gasteiger partial charge in [0.25, 0.3) is 5.91 Å². The molecule has 0 bridgehead atoms. The number of hydrogen-bond acceptors (Lipinski definition) is 5. The maximum Gasteiger partial charge on any atom is 0.416 e. The summed E-state index contributed by atoms with van der Waals surface area (Å²) in [7, 11) is 0. The summed E-state index contributed by atoms with van der Waals surface area (Å²) in [6.45, 7) is 2.96. The van der Waals surface area contributed by atoms with Gasteiger partial charge in [0, 0.05) is 36.6 Å². The highest BCUT2D eigenvalue weighted by Crippen LogP contribution is 2.37. The van der Waals surface area contributed by atoms with Gasteiger partial charge >= 0.3 is 12.4 Å². The number of thiophene rings is 1. The van der Waals surface area contributed by atoms with Crippen LogP contribution in [0, 0.1) is 0 Å². The lowest BCUT2D eigenvalue weighted by Gasteiger charge is -2.35. The van der Waals surface area contributed by atoms with Gasteiger partial charge in [-0.05, 0) is 30.7 Å². The number of carbonyl (C=O) groups is 1. The number of benzene rings is 1. The van der Waals surface area contributed by atoms with Gasteiger partial charge in [0.1, 0.15) is 17.0 Å². The number of alkyl halides is 6. The van der Waals surface area contributed by atoms with E-state index in [0.29, 0.717) is 31.0 Å². The van der Waals surface area contributed by atoms with E-state index >= 15 is 0 Å². The number of amides is 1. The van der Waals surface area contributed by atoms with Gasteiger partial charge in [0.05, 0.1) is 16.5 Å². The number of piperazine rings is 1. The van der Waals surface area contributed by atoms with Crippen LogP contribution in [0.25, 0.3) is 10.2 Å². The Morgan fingerprint density at radius 2 is 1.55 bits per heavy atom. The summed E-state index contributed by atoms with van der Waals surface area (Å²) in [6.07, 6.45) is -7.72. The van der Waals surface area contributed by atoms with Gasteiger partial charge in [-0.1, -0.05) is 6.92 Å². The minimum Gasteiger partial charge on any atom is -0.352 e. The Labute approximate surface area is 188 Å². The summed E-state index contributed by atoms with van der Waals surface area (Å²) < 4.78 is 78.8. The smallest absolute Gasteiger partial charge is 0.352 e. The molecule has 3 heterocycles. The minimum absolute atomic E-state index is 0.0144. The average molecular weight is 488 g/mol. The molecule has 33 heavy (non-hydrogen) atoms. The molecule has 2 aromatic heterocycles. The van der Waals surface area contributed by atoms with Crippen LogP contribution in [0.2, 0.25) is 0 Å². The van der Waals surface area contributed by atoms with E-state index in [0.717, 1.165) is 21.5 Å². The summed E-state index contributed by atoms with van der Waals surface area (Å²) in [5.74, 6) is -0.177. The molecule has 1 aromatic carbocycles. The lowest BCUT2D eigenvalue weighted by atomic mass is 10.0. The first-order valence-corrected chi connectivity index (χ1v) is 10.9. The second-order valence-corrected chi connectivity index (χ2v) is 8.67. The fourth-order valence-corrected chi connectivity index (χ4v) is 4.63. The van der Waals surface area contributed by atoms with Crippen molar-refractivity contribution in [3.63, 3.8) is 0 Å². The molecule has 0 atom stereocenters. The first-order chi connectivity index (χ1) is 15.5. The van der Waals surface area contributed by atoms with Crippen LogP contribution < -0.4 is 4.90 Å². The minimum atomic E-state index is -5.01. The van der Waals surface area contributed by atoms with Gasteiger partial charge in [-0.25, -0.2) is 9.97 Å². The van der Waals surface area contributed by atoms with Crippen molar-refractivity contribution < 1.29 is 31.1 Å². The Hall–Kier alpha value is -2.89. The maximum atomic E-state index is 13.1. The van der Waals surface area contributed by atoms with E-state index in [1.807, 2.05) is 17.9 Å². The van der Waals surface area contributed by atoms with Crippen molar-refractivity contribution in [2.75, 3.05) is 31.1 Å². The number of halogens is 6. The van der Waals surface area contributed by atoms with E-state index in [4.69, 9.17) is 0 Å². The number of hydrogen-bond donors (Lipinski definition) is 0. The normalized spacial score (nSPS) is 15.4. The average Bonchev–Trinajstić information content (AvgIpc) is 3.21. The molecule has 1 fully saturated rings. The van der Waals surface area contributed by atoms with Crippen LogP contribution in [0.3, 0.4) is 0 Å². The fourth-order valence-electron chi connectivity index (χ4n) is 3.70. The van der Waals surface area contributed by atoms with Crippen LogP contribution in [0.1, 0.15) is 33.3 Å². The molecule has 0 aliphatic carbocycles. The van der Waals surface area contributed by atoms with Gasteiger partial charge < -0.3 is 9.80 Å². The van der Waals surface area contributed by atoms with Gasteiger partial charge in [-0.15, -0.1) is 11.3 Å². The zero-order valence-corrected chi connectivity index (χ0v) is 18.1. The number of carbonyl (C=O) groups excluding carboxylic acids is 1. The van der Waals surface area contributed by atoms with Gasteiger partial charge in [-0.2, -0.15) is 26.3 Å². The number of rotatable bonds is 3. The number of anilines is 1. The van der Waals surface area contributed by atoms with Crippen molar-refractivity contribution >= 4 is 33.3 Å². The summed E-state index contributed by atoms with van der Waals surface area (Å²) in [4.78, 5) is 26.6. The first kappa shape index (κ1) is 23.3. The third kappa shape index (κ3) is 4.75. The van der Waals surface area contributed by atoms with E-state index in [9.17, 15) is 31.1 Å². The highest BCUT2D eigenvalue weighted by Gasteiger charge is 2.38. The van der Waals surface area contributed by atoms with Crippen molar-refractivity contribution in [2.45, 2.75) is 25.7 Å². The quantitative estimate of drug-likeness (QED) is 0.473. The first-order valence-electron chi connectivity index (χ1n) is 10.0. The number of aryl methyl sites for hydroxylation is 1. The molecule has 176 valence electrons. The zero-order valence-electron chi connectivity index (χ0n) is 17.3. The number of nitrogens with zero attached hydrogens (tertiary/aromatic N) is 4. The van der Waals surface area contributed by atoms with Crippen LogP contribution in [0.15, 0.2) is 30.6 Å². The summed E-state index contributed by atoms with van der Waals surface area (Å²) in [5.41, 5.74) is -3.65. The van der Waals surface area contributed by atoms with Crippen molar-refractivity contribution in [3.05, 3.63) is 52.2 Å². The predicted molar refractivity (Wildman–Crippen MR) is 111 cm³/mol. The lowest BCUT2D eigenvalue weighted by molar-refractivity contribution is -0.143. The van der Waals surface area contributed by atoms with Gasteiger partial charge in [0.15, 0.2) is 0 Å². The summed E-state index contributed by atoms with van der Waals surface area (Å²) in [5, 5.41) is 0.881. The van der Waals surface area contributed by atoms with Crippen LogP contribution in [-0.4, -0.2) is 47.0 Å². The molecule has 1 aliphatic heterocycles. The molecule has 12 heteroatoms. The van der Waals surface area contributed by atoms with Crippen molar-refractivity contribution in [1.29, 1.82) is 0 Å². The van der Waals surface area contributed by atoms with Crippen LogP contribution in [0.5, 0.6) is 0 Å². The second-order valence-electron chi connectivity index (χ2n) is 7.56. The van der Waals surface area contributed by atoms with Crippen molar-refractivity contribution in [1.82, 2.24) is 14.9 Å². The van der Waals surface area contributed by atoms with E-state index < -0.39 is 35.0 Å². The van der Waals surface area contributed by atoms with Crippen molar-refractivity contribution in [2.24, 2.45) is 0 Å². The monoisotopic (exact) mass is 488 g/mol. The SMILES string of the molecule is CCc1cc2c(N3CCN(C(=O)c4cc(C(F)(F)F)cc(C(F)(F)F)c4)CC3)ncnc2s1. The summed E-state index contributed by atoms with van der Waals surface area (Å²) >= 11 is 1.56. The van der Waals surface area contributed by atoms with E-state index in [1.165, 1.54) is 11.2 Å². The van der Waals surface area contributed by atoms with Crippen LogP contribution >= 0.6 is 11.3 Å². The molecule has 0 N–H and O–H groups in total. The summed E-state index contributed by atoms with van der Waals surface area (Å²) in [6, 6.07) is 2.96. The predicted octanol–water partition coefficient (Wildman–Crippen LogP) is 5.25. The Bertz CT molecular complexity index is 1150.